The van der Waals surface area contributed by atoms with Gasteiger partial charge in [-0.05, 0) is 44.4 Å². The van der Waals surface area contributed by atoms with Crippen LogP contribution in [0.1, 0.15) is 32.3 Å². The second-order valence-electron chi connectivity index (χ2n) is 4.99. The Morgan fingerprint density at radius 3 is 2.21 bits per heavy atom. The van der Waals surface area contributed by atoms with Crippen molar-refractivity contribution in [2.75, 3.05) is 0 Å². The van der Waals surface area contributed by atoms with Gasteiger partial charge in [-0.25, -0.2) is 0 Å². The molecule has 0 radical (unpaired) electrons. The van der Waals surface area contributed by atoms with Crippen LogP contribution in [0.15, 0.2) is 24.3 Å². The zero-order valence-corrected chi connectivity index (χ0v) is 11.2. The Labute approximate surface area is 111 Å². The van der Waals surface area contributed by atoms with E-state index in [1.54, 1.807) is 19.1 Å². The summed E-state index contributed by atoms with van der Waals surface area (Å²) < 4.78 is 36.5. The lowest BCUT2D eigenvalue weighted by molar-refractivity contribution is -0.139. The predicted octanol–water partition coefficient (Wildman–Crippen LogP) is 3.64. The third-order valence-electron chi connectivity index (χ3n) is 2.91. The van der Waals surface area contributed by atoms with Crippen molar-refractivity contribution in [3.05, 3.63) is 29.8 Å². The number of phenolic OH excluding ortho intramolecular Hbond substituents is 1. The molecule has 19 heavy (non-hydrogen) atoms. The molecule has 1 aromatic carbocycles. The summed E-state index contributed by atoms with van der Waals surface area (Å²) in [7, 11) is 0. The van der Waals surface area contributed by atoms with Gasteiger partial charge in [0.15, 0.2) is 0 Å². The van der Waals surface area contributed by atoms with Crippen LogP contribution in [0.3, 0.4) is 0 Å². The summed E-state index contributed by atoms with van der Waals surface area (Å²) in [5, 5.41) is 12.1. The maximum absolute atomic E-state index is 12.2. The van der Waals surface area contributed by atoms with Crippen LogP contribution >= 0.6 is 0 Å². The van der Waals surface area contributed by atoms with Gasteiger partial charge in [0.2, 0.25) is 0 Å². The molecule has 0 spiro atoms. The van der Waals surface area contributed by atoms with Gasteiger partial charge in [-0.15, -0.1) is 0 Å². The van der Waals surface area contributed by atoms with E-state index in [1.807, 2.05) is 19.1 Å². The molecule has 108 valence electrons. The monoisotopic (exact) mass is 275 g/mol. The van der Waals surface area contributed by atoms with E-state index in [0.29, 0.717) is 0 Å². The number of nitrogens with one attached hydrogen (secondary N) is 1. The fourth-order valence-electron chi connectivity index (χ4n) is 2.02. The number of alkyl halides is 3. The maximum Gasteiger partial charge on any atom is 0.390 e. The lowest BCUT2D eigenvalue weighted by Gasteiger charge is -2.21. The molecule has 0 bridgehead atoms. The van der Waals surface area contributed by atoms with E-state index in [9.17, 15) is 13.2 Å². The van der Waals surface area contributed by atoms with E-state index in [0.717, 1.165) is 18.4 Å². The normalized spacial score (nSPS) is 15.2. The SMILES string of the molecule is CC(CCc1ccc(O)cc1)NC(C)CC(F)(F)F. The van der Waals surface area contributed by atoms with Crippen molar-refractivity contribution in [1.29, 1.82) is 0 Å². The maximum atomic E-state index is 12.2. The van der Waals surface area contributed by atoms with E-state index in [4.69, 9.17) is 5.11 Å². The quantitative estimate of drug-likeness (QED) is 0.830. The second-order valence-corrected chi connectivity index (χ2v) is 4.99. The Morgan fingerprint density at radius 2 is 1.68 bits per heavy atom. The number of hydrogen-bond donors (Lipinski definition) is 2. The number of benzene rings is 1. The number of aromatic hydroxyl groups is 1. The van der Waals surface area contributed by atoms with Gasteiger partial charge in [0.25, 0.3) is 0 Å². The Kier molecular flexibility index (Phi) is 5.66. The Hall–Kier alpha value is -1.23. The Bertz CT molecular complexity index is 375. The average molecular weight is 275 g/mol. The first-order valence-electron chi connectivity index (χ1n) is 6.37. The average Bonchev–Trinajstić information content (AvgIpc) is 2.25. The van der Waals surface area contributed by atoms with Crippen LogP contribution in [0.25, 0.3) is 0 Å². The summed E-state index contributed by atoms with van der Waals surface area (Å²) >= 11 is 0. The molecule has 0 aliphatic heterocycles. The first-order chi connectivity index (χ1) is 8.76. The fourth-order valence-corrected chi connectivity index (χ4v) is 2.02. The van der Waals surface area contributed by atoms with Crippen LogP contribution in [-0.4, -0.2) is 23.4 Å². The summed E-state index contributed by atoms with van der Waals surface area (Å²) in [5.74, 6) is 0.216. The molecule has 0 fully saturated rings. The summed E-state index contributed by atoms with van der Waals surface area (Å²) in [6.07, 6.45) is -3.40. The van der Waals surface area contributed by atoms with E-state index >= 15 is 0 Å². The first-order valence-corrected chi connectivity index (χ1v) is 6.37. The number of rotatable bonds is 6. The van der Waals surface area contributed by atoms with Crippen molar-refractivity contribution >= 4 is 0 Å². The summed E-state index contributed by atoms with van der Waals surface area (Å²) in [6.45, 7) is 3.43. The van der Waals surface area contributed by atoms with Crippen LogP contribution in [0, 0.1) is 0 Å². The van der Waals surface area contributed by atoms with Crippen LogP contribution in [-0.2, 0) is 6.42 Å². The smallest absolute Gasteiger partial charge is 0.390 e. The van der Waals surface area contributed by atoms with Crippen molar-refractivity contribution in [2.45, 2.75) is 51.4 Å². The first kappa shape index (κ1) is 15.8. The highest BCUT2D eigenvalue weighted by molar-refractivity contribution is 5.25. The molecule has 2 unspecified atom stereocenters. The largest absolute Gasteiger partial charge is 0.508 e. The molecule has 0 heterocycles. The molecule has 0 aromatic heterocycles. The lowest BCUT2D eigenvalue weighted by Crippen LogP contribution is -2.37. The molecule has 0 saturated heterocycles. The third-order valence-corrected chi connectivity index (χ3v) is 2.91. The molecule has 0 aliphatic carbocycles. The van der Waals surface area contributed by atoms with Gasteiger partial charge < -0.3 is 10.4 Å². The Balaban J connectivity index is 2.31. The van der Waals surface area contributed by atoms with Gasteiger partial charge >= 0.3 is 6.18 Å². The number of aryl methyl sites for hydroxylation is 1. The summed E-state index contributed by atoms with van der Waals surface area (Å²) in [5.41, 5.74) is 1.06. The minimum absolute atomic E-state index is 0.0196. The topological polar surface area (TPSA) is 32.3 Å². The lowest BCUT2D eigenvalue weighted by atomic mass is 10.1. The minimum Gasteiger partial charge on any atom is -0.508 e. The van der Waals surface area contributed by atoms with Gasteiger partial charge in [-0.3, -0.25) is 0 Å². The van der Waals surface area contributed by atoms with Gasteiger partial charge in [-0.1, -0.05) is 12.1 Å². The highest BCUT2D eigenvalue weighted by atomic mass is 19.4. The molecular weight excluding hydrogens is 255 g/mol. The minimum atomic E-state index is -4.12. The third kappa shape index (κ3) is 7.06. The molecule has 2 atom stereocenters. The van der Waals surface area contributed by atoms with Crippen molar-refractivity contribution in [2.24, 2.45) is 0 Å². The molecule has 0 saturated carbocycles. The fraction of sp³-hybridized carbons (Fsp3) is 0.571. The van der Waals surface area contributed by atoms with Crippen LogP contribution < -0.4 is 5.32 Å². The molecule has 0 aliphatic rings. The van der Waals surface area contributed by atoms with Gasteiger partial charge in [0.05, 0.1) is 6.42 Å². The van der Waals surface area contributed by atoms with Crippen LogP contribution in [0.4, 0.5) is 13.2 Å². The number of hydrogen-bond acceptors (Lipinski definition) is 2. The van der Waals surface area contributed by atoms with Crippen molar-refractivity contribution < 1.29 is 18.3 Å². The molecule has 2 nitrogen and oxygen atoms in total. The van der Waals surface area contributed by atoms with Crippen LogP contribution in [0.2, 0.25) is 0 Å². The van der Waals surface area contributed by atoms with E-state index in [1.165, 1.54) is 0 Å². The molecule has 1 aromatic rings. The predicted molar refractivity (Wildman–Crippen MR) is 69.2 cm³/mol. The second kappa shape index (κ2) is 6.80. The molecule has 0 amide bonds. The zero-order chi connectivity index (χ0) is 14.5. The van der Waals surface area contributed by atoms with Crippen LogP contribution in [0.5, 0.6) is 5.75 Å². The summed E-state index contributed by atoms with van der Waals surface area (Å²) in [4.78, 5) is 0. The zero-order valence-electron chi connectivity index (χ0n) is 11.2. The van der Waals surface area contributed by atoms with Crippen molar-refractivity contribution in [1.82, 2.24) is 5.32 Å². The highest BCUT2D eigenvalue weighted by Gasteiger charge is 2.30. The molecule has 1 rings (SSSR count). The van der Waals surface area contributed by atoms with Crippen molar-refractivity contribution in [3.63, 3.8) is 0 Å². The van der Waals surface area contributed by atoms with E-state index < -0.39 is 18.6 Å². The summed E-state index contributed by atoms with van der Waals surface area (Å²) in [6, 6.07) is 6.31. The molecule has 5 heteroatoms. The van der Waals surface area contributed by atoms with Crippen molar-refractivity contribution in [3.8, 4) is 5.75 Å². The standard InChI is InChI=1S/C14H20F3NO/c1-10(18-11(2)9-14(15,16)17)3-4-12-5-7-13(19)8-6-12/h5-8,10-11,18-19H,3-4,9H2,1-2H3. The number of phenols is 1. The van der Waals surface area contributed by atoms with Gasteiger partial charge in [-0.2, -0.15) is 13.2 Å². The van der Waals surface area contributed by atoms with Gasteiger partial charge in [0.1, 0.15) is 5.75 Å². The Morgan fingerprint density at radius 1 is 1.11 bits per heavy atom. The highest BCUT2D eigenvalue weighted by Crippen LogP contribution is 2.21. The van der Waals surface area contributed by atoms with Gasteiger partial charge in [0, 0.05) is 12.1 Å². The van der Waals surface area contributed by atoms with E-state index in [-0.39, 0.29) is 11.8 Å². The molecular formula is C14H20F3NO. The molecule has 2 N–H and O–H groups in total. The number of halogens is 3. The van der Waals surface area contributed by atoms with E-state index in [2.05, 4.69) is 5.32 Å².